The van der Waals surface area contributed by atoms with E-state index < -0.39 is 11.9 Å². The van der Waals surface area contributed by atoms with Crippen LogP contribution in [0.4, 0.5) is 11.4 Å². The highest BCUT2D eigenvalue weighted by Crippen LogP contribution is 2.30. The van der Waals surface area contributed by atoms with E-state index in [-0.39, 0.29) is 5.70 Å². The van der Waals surface area contributed by atoms with Gasteiger partial charge in [0.1, 0.15) is 5.70 Å². The van der Waals surface area contributed by atoms with Gasteiger partial charge in [0.25, 0.3) is 5.91 Å². The summed E-state index contributed by atoms with van der Waals surface area (Å²) < 4.78 is 0. The summed E-state index contributed by atoms with van der Waals surface area (Å²) in [5, 5.41) is 12.5. The lowest BCUT2D eigenvalue weighted by Gasteiger charge is -2.20. The minimum atomic E-state index is -1.22. The number of hydrogen-bond acceptors (Lipinski definition) is 3. The highest BCUT2D eigenvalue weighted by molar-refractivity contribution is 6.33. The van der Waals surface area contributed by atoms with Crippen LogP contribution >= 0.6 is 11.6 Å². The Morgan fingerprint density at radius 3 is 2.17 bits per heavy atom. The van der Waals surface area contributed by atoms with Gasteiger partial charge in [-0.1, -0.05) is 54.1 Å². The Labute approximate surface area is 173 Å². The number of carboxylic acid groups (broad SMARTS) is 1. The van der Waals surface area contributed by atoms with Crippen molar-refractivity contribution in [3.8, 4) is 0 Å². The minimum Gasteiger partial charge on any atom is -0.477 e. The van der Waals surface area contributed by atoms with Gasteiger partial charge in [-0.15, -0.1) is 0 Å². The van der Waals surface area contributed by atoms with E-state index in [1.54, 1.807) is 42.5 Å². The van der Waals surface area contributed by atoms with Crippen molar-refractivity contribution < 1.29 is 14.7 Å². The van der Waals surface area contributed by atoms with Gasteiger partial charge in [-0.25, -0.2) is 4.79 Å². The Bertz CT molecular complexity index is 1050. The topological polar surface area (TPSA) is 69.6 Å². The number of halogens is 1. The maximum Gasteiger partial charge on any atom is 0.352 e. The molecule has 0 fully saturated rings. The van der Waals surface area contributed by atoms with Crippen molar-refractivity contribution in [2.75, 3.05) is 11.9 Å². The average molecular weight is 407 g/mol. The third kappa shape index (κ3) is 5.03. The summed E-state index contributed by atoms with van der Waals surface area (Å²) >= 11 is 6.25. The monoisotopic (exact) mass is 406 g/mol. The molecule has 2 N–H and O–H groups in total. The van der Waals surface area contributed by atoms with Gasteiger partial charge in [0.2, 0.25) is 0 Å². The van der Waals surface area contributed by atoms with Gasteiger partial charge < -0.3 is 15.3 Å². The minimum absolute atomic E-state index is 0.203. The Morgan fingerprint density at radius 2 is 1.55 bits per heavy atom. The summed E-state index contributed by atoms with van der Waals surface area (Å²) in [7, 11) is 1.90. The predicted molar refractivity (Wildman–Crippen MR) is 115 cm³/mol. The highest BCUT2D eigenvalue weighted by atomic mass is 35.5. The number of carbonyl (C=O) groups is 2. The third-order valence-corrected chi connectivity index (χ3v) is 4.64. The second-order valence-corrected chi connectivity index (χ2v) is 6.69. The van der Waals surface area contributed by atoms with Crippen LogP contribution in [0, 0.1) is 0 Å². The van der Waals surface area contributed by atoms with Gasteiger partial charge in [-0.05, 0) is 48.0 Å². The summed E-state index contributed by atoms with van der Waals surface area (Å²) in [6.45, 7) is 0. The molecule has 0 spiro atoms. The van der Waals surface area contributed by atoms with Gasteiger partial charge in [-0.3, -0.25) is 4.79 Å². The molecule has 0 aliphatic carbocycles. The van der Waals surface area contributed by atoms with Gasteiger partial charge >= 0.3 is 5.97 Å². The molecule has 0 aliphatic heterocycles. The van der Waals surface area contributed by atoms with Crippen molar-refractivity contribution in [1.82, 2.24) is 5.32 Å². The normalized spacial score (nSPS) is 11.0. The van der Waals surface area contributed by atoms with Gasteiger partial charge in [0, 0.05) is 18.3 Å². The smallest absolute Gasteiger partial charge is 0.352 e. The molecule has 3 aromatic rings. The van der Waals surface area contributed by atoms with Crippen molar-refractivity contribution in [2.45, 2.75) is 0 Å². The van der Waals surface area contributed by atoms with Gasteiger partial charge in [0.05, 0.1) is 10.7 Å². The summed E-state index contributed by atoms with van der Waals surface area (Å²) in [4.78, 5) is 25.7. The van der Waals surface area contributed by atoms with Crippen LogP contribution in [-0.2, 0) is 4.79 Å². The van der Waals surface area contributed by atoms with Crippen molar-refractivity contribution >= 4 is 40.9 Å². The quantitative estimate of drug-likeness (QED) is 0.567. The van der Waals surface area contributed by atoms with Gasteiger partial charge in [-0.2, -0.15) is 0 Å². The second-order valence-electron chi connectivity index (χ2n) is 6.29. The molecule has 5 nitrogen and oxygen atoms in total. The number of carbonyl (C=O) groups excluding carboxylic acids is 1. The van der Waals surface area contributed by atoms with E-state index in [0.717, 1.165) is 11.4 Å². The van der Waals surface area contributed by atoms with Crippen LogP contribution in [0.1, 0.15) is 15.9 Å². The number of carboxylic acids is 1. The molecule has 0 radical (unpaired) electrons. The lowest BCUT2D eigenvalue weighted by Crippen LogP contribution is -2.27. The molecule has 0 atom stereocenters. The molecule has 0 heterocycles. The number of nitrogens with zero attached hydrogens (tertiary/aromatic N) is 1. The van der Waals surface area contributed by atoms with Crippen molar-refractivity contribution in [3.05, 3.63) is 101 Å². The molecule has 0 bridgehead atoms. The van der Waals surface area contributed by atoms with E-state index in [1.807, 2.05) is 48.3 Å². The Kier molecular flexibility index (Phi) is 6.32. The fourth-order valence-electron chi connectivity index (χ4n) is 2.76. The summed E-state index contributed by atoms with van der Waals surface area (Å²) in [5.41, 5.74) is 2.58. The molecule has 0 unspecified atom stereocenters. The van der Waals surface area contributed by atoms with Crippen LogP contribution in [0.15, 0.2) is 84.6 Å². The first kappa shape index (κ1) is 20.2. The molecule has 0 aliphatic rings. The van der Waals surface area contributed by atoms with Crippen LogP contribution in [0.2, 0.25) is 5.02 Å². The third-order valence-electron chi connectivity index (χ3n) is 4.32. The molecular formula is C23H19ClN2O3. The second kappa shape index (κ2) is 9.08. The molecule has 1 amide bonds. The first-order chi connectivity index (χ1) is 14.0. The lowest BCUT2D eigenvalue weighted by atomic mass is 10.1. The zero-order valence-electron chi connectivity index (χ0n) is 15.7. The number of rotatable bonds is 6. The first-order valence-electron chi connectivity index (χ1n) is 8.85. The van der Waals surface area contributed by atoms with Gasteiger partial charge in [0.15, 0.2) is 0 Å². The zero-order valence-corrected chi connectivity index (χ0v) is 16.4. The lowest BCUT2D eigenvalue weighted by molar-refractivity contribution is -0.132. The fourth-order valence-corrected chi connectivity index (χ4v) is 3.02. The summed E-state index contributed by atoms with van der Waals surface area (Å²) in [6.07, 6.45) is 1.42. The van der Waals surface area contributed by atoms with E-state index in [2.05, 4.69) is 5.32 Å². The standard InChI is InChI=1S/C23H19ClN2O3/c1-26(21-10-6-5-9-19(21)24)18-13-11-16(12-14-18)15-20(23(28)29)25-22(27)17-7-3-2-4-8-17/h2-15H,1H3,(H,25,27)(H,28,29)/b20-15+. The number of aliphatic carboxylic acids is 1. The molecule has 0 saturated heterocycles. The number of benzene rings is 3. The van der Waals surface area contributed by atoms with Crippen LogP contribution < -0.4 is 10.2 Å². The number of amides is 1. The van der Waals surface area contributed by atoms with E-state index in [0.29, 0.717) is 16.1 Å². The van der Waals surface area contributed by atoms with Crippen LogP contribution in [-0.4, -0.2) is 24.0 Å². The SMILES string of the molecule is CN(c1ccc(/C=C(/NC(=O)c2ccccc2)C(=O)O)cc1)c1ccccc1Cl. The van der Waals surface area contributed by atoms with Crippen LogP contribution in [0.5, 0.6) is 0 Å². The molecular weight excluding hydrogens is 388 g/mol. The maximum absolute atomic E-state index is 12.2. The summed E-state index contributed by atoms with van der Waals surface area (Å²) in [6, 6.07) is 23.2. The molecule has 0 aromatic heterocycles. The fraction of sp³-hybridized carbons (Fsp3) is 0.0435. The Morgan fingerprint density at radius 1 is 0.931 bits per heavy atom. The van der Waals surface area contributed by atoms with E-state index in [1.165, 1.54) is 6.08 Å². The molecule has 0 saturated carbocycles. The zero-order chi connectivity index (χ0) is 20.8. The largest absolute Gasteiger partial charge is 0.477 e. The van der Waals surface area contributed by atoms with Crippen molar-refractivity contribution in [2.24, 2.45) is 0 Å². The van der Waals surface area contributed by atoms with E-state index in [4.69, 9.17) is 11.6 Å². The highest BCUT2D eigenvalue weighted by Gasteiger charge is 2.13. The predicted octanol–water partition coefficient (Wildman–Crippen LogP) is 4.96. The number of hydrogen-bond donors (Lipinski definition) is 2. The molecule has 146 valence electrons. The Balaban J connectivity index is 1.80. The number of nitrogens with one attached hydrogen (secondary N) is 1. The number of para-hydroxylation sites is 1. The molecule has 29 heavy (non-hydrogen) atoms. The van der Waals surface area contributed by atoms with Crippen molar-refractivity contribution in [1.29, 1.82) is 0 Å². The first-order valence-corrected chi connectivity index (χ1v) is 9.23. The number of anilines is 2. The van der Waals surface area contributed by atoms with Crippen LogP contribution in [0.25, 0.3) is 6.08 Å². The summed E-state index contributed by atoms with van der Waals surface area (Å²) in [5.74, 6) is -1.69. The van der Waals surface area contributed by atoms with E-state index >= 15 is 0 Å². The molecule has 3 aromatic carbocycles. The van der Waals surface area contributed by atoms with Crippen LogP contribution in [0.3, 0.4) is 0 Å². The van der Waals surface area contributed by atoms with E-state index in [9.17, 15) is 14.7 Å². The van der Waals surface area contributed by atoms with Crippen molar-refractivity contribution in [3.63, 3.8) is 0 Å². The average Bonchev–Trinajstić information content (AvgIpc) is 2.74. The molecule has 6 heteroatoms. The molecule has 3 rings (SSSR count). The maximum atomic E-state index is 12.2. The Hall–Kier alpha value is -3.57.